The van der Waals surface area contributed by atoms with Crippen LogP contribution in [0.15, 0.2) is 23.1 Å². The van der Waals surface area contributed by atoms with Gasteiger partial charge in [0.15, 0.2) is 0 Å². The molecule has 0 radical (unpaired) electrons. The van der Waals surface area contributed by atoms with Gasteiger partial charge in [0.1, 0.15) is 9.84 Å². The van der Waals surface area contributed by atoms with Crippen LogP contribution in [0.1, 0.15) is 0 Å². The highest BCUT2D eigenvalue weighted by molar-refractivity contribution is 7.90. The van der Waals surface area contributed by atoms with Gasteiger partial charge in [0, 0.05) is 43.8 Å². The molecule has 1 aromatic rings. The Kier molecular flexibility index (Phi) is 4.92. The minimum atomic E-state index is -2.95. The third-order valence-electron chi connectivity index (χ3n) is 2.57. The summed E-state index contributed by atoms with van der Waals surface area (Å²) in [5, 5.41) is 0. The molecule has 0 amide bonds. The molecular weight excluding hydrogens is 254 g/mol. The van der Waals surface area contributed by atoms with Crippen LogP contribution in [0.3, 0.4) is 0 Å². The number of nitrogen functional groups attached to an aromatic ring is 1. The first-order valence-electron chi connectivity index (χ1n) is 5.60. The van der Waals surface area contributed by atoms with Gasteiger partial charge in [0.2, 0.25) is 0 Å². The quantitative estimate of drug-likeness (QED) is 0.748. The van der Waals surface area contributed by atoms with Crippen LogP contribution in [0.5, 0.6) is 0 Å². The molecule has 1 aromatic heterocycles. The summed E-state index contributed by atoms with van der Waals surface area (Å²) in [5.41, 5.74) is 6.02. The molecule has 102 valence electrons. The van der Waals surface area contributed by atoms with Gasteiger partial charge in [0.25, 0.3) is 5.56 Å². The fourth-order valence-corrected chi connectivity index (χ4v) is 2.08. The maximum absolute atomic E-state index is 11.5. The predicted molar refractivity (Wildman–Crippen MR) is 72.3 cm³/mol. The topological polar surface area (TPSA) is 85.4 Å². The SMILES string of the molecule is CN(CCn1cc(N)ccc1=O)CCS(C)(=O)=O. The molecule has 0 bridgehead atoms. The van der Waals surface area contributed by atoms with E-state index in [9.17, 15) is 13.2 Å². The first-order valence-corrected chi connectivity index (χ1v) is 7.66. The molecule has 0 aliphatic rings. The van der Waals surface area contributed by atoms with Crippen molar-refractivity contribution in [2.24, 2.45) is 0 Å². The van der Waals surface area contributed by atoms with E-state index in [4.69, 9.17) is 5.73 Å². The van der Waals surface area contributed by atoms with Gasteiger partial charge in [-0.3, -0.25) is 4.79 Å². The molecule has 7 heteroatoms. The number of pyridine rings is 1. The molecule has 1 rings (SSSR count). The number of rotatable bonds is 6. The molecule has 6 nitrogen and oxygen atoms in total. The van der Waals surface area contributed by atoms with E-state index in [1.165, 1.54) is 16.9 Å². The summed E-state index contributed by atoms with van der Waals surface area (Å²) in [6.07, 6.45) is 2.80. The molecule has 0 fully saturated rings. The molecule has 1 heterocycles. The average Bonchev–Trinajstić information content (AvgIpc) is 2.26. The van der Waals surface area contributed by atoms with Gasteiger partial charge in [-0.1, -0.05) is 0 Å². The largest absolute Gasteiger partial charge is 0.398 e. The molecule has 0 saturated heterocycles. The van der Waals surface area contributed by atoms with Crippen molar-refractivity contribution >= 4 is 15.5 Å². The molecule has 0 aromatic carbocycles. The average molecular weight is 273 g/mol. The molecule has 0 aliphatic carbocycles. The van der Waals surface area contributed by atoms with E-state index in [-0.39, 0.29) is 11.3 Å². The normalized spacial score (nSPS) is 11.9. The minimum absolute atomic E-state index is 0.110. The standard InChI is InChI=1S/C11H19N3O3S/c1-13(7-8-18(2,16)17)5-6-14-9-10(12)3-4-11(14)15/h3-4,9H,5-8,12H2,1-2H3. The van der Waals surface area contributed by atoms with Gasteiger partial charge < -0.3 is 15.2 Å². The van der Waals surface area contributed by atoms with Crippen LogP contribution in [-0.4, -0.2) is 50.0 Å². The van der Waals surface area contributed by atoms with Crippen LogP contribution >= 0.6 is 0 Å². The first-order chi connectivity index (χ1) is 8.28. The van der Waals surface area contributed by atoms with Crippen LogP contribution in [0, 0.1) is 0 Å². The lowest BCUT2D eigenvalue weighted by Crippen LogP contribution is -2.31. The maximum atomic E-state index is 11.5. The maximum Gasteiger partial charge on any atom is 0.250 e. The number of nitrogens with zero attached hydrogens (tertiary/aromatic N) is 2. The zero-order valence-electron chi connectivity index (χ0n) is 10.7. The fraction of sp³-hybridized carbons (Fsp3) is 0.545. The van der Waals surface area contributed by atoms with Crippen molar-refractivity contribution in [3.8, 4) is 0 Å². The highest BCUT2D eigenvalue weighted by Gasteiger charge is 2.06. The van der Waals surface area contributed by atoms with Crippen LogP contribution in [0.25, 0.3) is 0 Å². The van der Waals surface area contributed by atoms with E-state index in [2.05, 4.69) is 0 Å². The molecular formula is C11H19N3O3S. The van der Waals surface area contributed by atoms with Crippen LogP contribution in [0.2, 0.25) is 0 Å². The Morgan fingerprint density at radius 1 is 1.33 bits per heavy atom. The van der Waals surface area contributed by atoms with Gasteiger partial charge in [0.05, 0.1) is 5.75 Å². The molecule has 0 atom stereocenters. The number of aromatic nitrogens is 1. The fourth-order valence-electron chi connectivity index (χ4n) is 1.44. The van der Waals surface area contributed by atoms with Crippen molar-refractivity contribution in [2.45, 2.75) is 6.54 Å². The lowest BCUT2D eigenvalue weighted by Gasteiger charge is -2.16. The molecule has 0 unspecified atom stereocenters. The zero-order valence-corrected chi connectivity index (χ0v) is 11.5. The van der Waals surface area contributed by atoms with E-state index < -0.39 is 9.84 Å². The van der Waals surface area contributed by atoms with Crippen molar-refractivity contribution in [3.63, 3.8) is 0 Å². The molecule has 2 N–H and O–H groups in total. The van der Waals surface area contributed by atoms with Gasteiger partial charge in [-0.2, -0.15) is 0 Å². The summed E-state index contributed by atoms with van der Waals surface area (Å²) in [6, 6.07) is 2.98. The second-order valence-electron chi connectivity index (χ2n) is 4.43. The van der Waals surface area contributed by atoms with Gasteiger partial charge in [-0.15, -0.1) is 0 Å². The Labute approximate surface area is 107 Å². The smallest absolute Gasteiger partial charge is 0.250 e. The Hall–Kier alpha value is -1.34. The second-order valence-corrected chi connectivity index (χ2v) is 6.69. The minimum Gasteiger partial charge on any atom is -0.398 e. The van der Waals surface area contributed by atoms with Gasteiger partial charge >= 0.3 is 0 Å². The number of nitrogens with two attached hydrogens (primary N) is 1. The summed E-state index contributed by atoms with van der Waals surface area (Å²) < 4.78 is 23.5. The van der Waals surface area contributed by atoms with Crippen molar-refractivity contribution < 1.29 is 8.42 Å². The number of anilines is 1. The summed E-state index contributed by atoms with van der Waals surface area (Å²) in [4.78, 5) is 13.4. The van der Waals surface area contributed by atoms with Gasteiger partial charge in [-0.05, 0) is 13.1 Å². The lowest BCUT2D eigenvalue weighted by atomic mass is 10.4. The van der Waals surface area contributed by atoms with Crippen molar-refractivity contribution in [1.82, 2.24) is 9.47 Å². The molecule has 0 aliphatic heterocycles. The van der Waals surface area contributed by atoms with E-state index >= 15 is 0 Å². The molecule has 18 heavy (non-hydrogen) atoms. The van der Waals surface area contributed by atoms with Crippen molar-refractivity contribution in [1.29, 1.82) is 0 Å². The Balaban J connectivity index is 2.50. The van der Waals surface area contributed by atoms with Crippen molar-refractivity contribution in [2.75, 3.05) is 37.9 Å². The Morgan fingerprint density at radius 2 is 2.00 bits per heavy atom. The highest BCUT2D eigenvalue weighted by atomic mass is 32.2. The van der Waals surface area contributed by atoms with Crippen LogP contribution in [0.4, 0.5) is 5.69 Å². The second kappa shape index (κ2) is 6.01. The summed E-state index contributed by atoms with van der Waals surface area (Å²) in [5.74, 6) is 0.120. The monoisotopic (exact) mass is 273 g/mol. The zero-order chi connectivity index (χ0) is 13.8. The third-order valence-corrected chi connectivity index (χ3v) is 3.50. The summed E-state index contributed by atoms with van der Waals surface area (Å²) >= 11 is 0. The van der Waals surface area contributed by atoms with E-state index in [1.54, 1.807) is 12.3 Å². The first kappa shape index (κ1) is 14.7. The number of hydrogen-bond acceptors (Lipinski definition) is 5. The lowest BCUT2D eigenvalue weighted by molar-refractivity contribution is 0.334. The van der Waals surface area contributed by atoms with E-state index in [0.29, 0.717) is 25.3 Å². The van der Waals surface area contributed by atoms with Crippen molar-refractivity contribution in [3.05, 3.63) is 28.7 Å². The predicted octanol–water partition coefficient (Wildman–Crippen LogP) is -0.593. The number of sulfone groups is 1. The summed E-state index contributed by atoms with van der Waals surface area (Å²) in [7, 11) is -1.13. The molecule has 0 spiro atoms. The molecule has 0 saturated carbocycles. The van der Waals surface area contributed by atoms with E-state index in [0.717, 1.165) is 0 Å². The number of hydrogen-bond donors (Lipinski definition) is 1. The number of likely N-dealkylation sites (N-methyl/N-ethyl adjacent to an activating group) is 1. The summed E-state index contributed by atoms with van der Waals surface area (Å²) in [6.45, 7) is 1.54. The van der Waals surface area contributed by atoms with E-state index in [1.807, 2.05) is 11.9 Å². The van der Waals surface area contributed by atoms with Gasteiger partial charge in [-0.25, -0.2) is 8.42 Å². The van der Waals surface area contributed by atoms with Crippen LogP contribution in [-0.2, 0) is 16.4 Å². The third kappa shape index (κ3) is 5.33. The Morgan fingerprint density at radius 3 is 2.61 bits per heavy atom. The highest BCUT2D eigenvalue weighted by Crippen LogP contribution is 1.96. The Bertz CT molecular complexity index is 551. The van der Waals surface area contributed by atoms with Crippen LogP contribution < -0.4 is 11.3 Å².